The molecule has 112 valence electrons. The van der Waals surface area contributed by atoms with E-state index in [2.05, 4.69) is 17.6 Å². The quantitative estimate of drug-likeness (QED) is 0.886. The normalized spacial score (nSPS) is 17.1. The molecule has 0 spiro atoms. The van der Waals surface area contributed by atoms with Crippen LogP contribution in [-0.4, -0.2) is 25.5 Å². The van der Waals surface area contributed by atoms with Gasteiger partial charge in [0.1, 0.15) is 0 Å². The molecule has 1 saturated heterocycles. The van der Waals surface area contributed by atoms with Crippen molar-refractivity contribution in [2.45, 2.75) is 19.8 Å². The molecule has 6 heteroatoms. The lowest BCUT2D eigenvalue weighted by atomic mass is 9.81. The average Bonchev–Trinajstić information content (AvgIpc) is 2.37. The van der Waals surface area contributed by atoms with Crippen LogP contribution in [0.3, 0.4) is 0 Å². The van der Waals surface area contributed by atoms with E-state index in [1.807, 2.05) is 0 Å². The molecule has 1 aromatic rings. The lowest BCUT2D eigenvalue weighted by Crippen LogP contribution is -2.42. The molecule has 0 saturated carbocycles. The van der Waals surface area contributed by atoms with Gasteiger partial charge in [-0.25, -0.2) is 0 Å². The average molecular weight is 338 g/mol. The molecule has 1 aromatic carbocycles. The Labute approximate surface area is 135 Å². The molecule has 1 amide bonds. The summed E-state index contributed by atoms with van der Waals surface area (Å²) in [6, 6.07) is 4.92. The molecule has 0 unspecified atom stereocenters. The second-order valence-electron chi connectivity index (χ2n) is 5.37. The van der Waals surface area contributed by atoms with E-state index in [0.29, 0.717) is 22.2 Å². The van der Waals surface area contributed by atoms with Crippen LogP contribution in [0.2, 0.25) is 10.0 Å². The summed E-state index contributed by atoms with van der Waals surface area (Å²) in [5.74, 6) is -0.138. The molecular weight excluding hydrogens is 319 g/mol. The van der Waals surface area contributed by atoms with Gasteiger partial charge >= 0.3 is 0 Å². The molecule has 1 heterocycles. The number of piperidine rings is 1. The number of carbonyl (C=O) groups excluding carboxylic acids is 1. The van der Waals surface area contributed by atoms with Gasteiger partial charge in [-0.2, -0.15) is 0 Å². The minimum absolute atomic E-state index is 0. The highest BCUT2D eigenvalue weighted by Gasteiger charge is 2.27. The van der Waals surface area contributed by atoms with Crippen molar-refractivity contribution in [1.29, 1.82) is 0 Å². The van der Waals surface area contributed by atoms with Crippen molar-refractivity contribution in [1.82, 2.24) is 10.6 Å². The first-order valence-corrected chi connectivity index (χ1v) is 7.20. The van der Waals surface area contributed by atoms with Gasteiger partial charge in [0.2, 0.25) is 0 Å². The van der Waals surface area contributed by atoms with E-state index >= 15 is 0 Å². The minimum Gasteiger partial charge on any atom is -0.351 e. The van der Waals surface area contributed by atoms with Gasteiger partial charge in [-0.3, -0.25) is 4.79 Å². The van der Waals surface area contributed by atoms with Gasteiger partial charge in [0.25, 0.3) is 5.91 Å². The van der Waals surface area contributed by atoms with Crippen LogP contribution in [0.25, 0.3) is 0 Å². The largest absolute Gasteiger partial charge is 0.351 e. The maximum atomic E-state index is 12.1. The number of rotatable bonds is 3. The Kier molecular flexibility index (Phi) is 6.59. The van der Waals surface area contributed by atoms with Gasteiger partial charge in [-0.05, 0) is 49.5 Å². The Balaban J connectivity index is 0.00000200. The van der Waals surface area contributed by atoms with Crippen LogP contribution in [0.4, 0.5) is 0 Å². The van der Waals surface area contributed by atoms with E-state index < -0.39 is 0 Å². The van der Waals surface area contributed by atoms with Gasteiger partial charge in [0.15, 0.2) is 0 Å². The lowest BCUT2D eigenvalue weighted by molar-refractivity contribution is 0.0922. The van der Waals surface area contributed by atoms with Crippen molar-refractivity contribution in [2.24, 2.45) is 5.41 Å². The summed E-state index contributed by atoms with van der Waals surface area (Å²) in [6.45, 7) is 4.90. The van der Waals surface area contributed by atoms with Crippen LogP contribution >= 0.6 is 35.6 Å². The molecule has 3 nitrogen and oxygen atoms in total. The van der Waals surface area contributed by atoms with Gasteiger partial charge in [0, 0.05) is 11.6 Å². The van der Waals surface area contributed by atoms with E-state index in [9.17, 15) is 4.79 Å². The summed E-state index contributed by atoms with van der Waals surface area (Å²) in [7, 11) is 0. The Morgan fingerprint density at radius 1 is 1.35 bits per heavy atom. The molecule has 0 radical (unpaired) electrons. The number of hydrogen-bond donors (Lipinski definition) is 2. The molecule has 2 rings (SSSR count). The molecule has 20 heavy (non-hydrogen) atoms. The topological polar surface area (TPSA) is 41.1 Å². The molecule has 1 aliphatic rings. The van der Waals surface area contributed by atoms with Crippen molar-refractivity contribution in [3.8, 4) is 0 Å². The number of halogens is 3. The van der Waals surface area contributed by atoms with E-state index in [1.165, 1.54) is 0 Å². The smallest absolute Gasteiger partial charge is 0.252 e. The zero-order valence-corrected chi connectivity index (χ0v) is 13.7. The van der Waals surface area contributed by atoms with E-state index in [-0.39, 0.29) is 23.7 Å². The monoisotopic (exact) mass is 336 g/mol. The first kappa shape index (κ1) is 17.6. The molecule has 0 aliphatic carbocycles. The maximum Gasteiger partial charge on any atom is 0.252 e. The highest BCUT2D eigenvalue weighted by Crippen LogP contribution is 2.27. The third-order valence-corrected chi connectivity index (χ3v) is 4.21. The number of hydrogen-bond acceptors (Lipinski definition) is 2. The van der Waals surface area contributed by atoms with Crippen LogP contribution < -0.4 is 10.6 Å². The van der Waals surface area contributed by atoms with Gasteiger partial charge < -0.3 is 10.6 Å². The predicted molar refractivity (Wildman–Crippen MR) is 86.3 cm³/mol. The van der Waals surface area contributed by atoms with Crippen LogP contribution in [0.15, 0.2) is 18.2 Å². The van der Waals surface area contributed by atoms with E-state index in [1.54, 1.807) is 18.2 Å². The maximum absolute atomic E-state index is 12.1. The van der Waals surface area contributed by atoms with Crippen molar-refractivity contribution in [3.63, 3.8) is 0 Å². The summed E-state index contributed by atoms with van der Waals surface area (Å²) in [5, 5.41) is 7.22. The zero-order valence-electron chi connectivity index (χ0n) is 11.3. The molecule has 0 bridgehead atoms. The standard InChI is InChI=1S/C14H18Cl2N2O.ClH/c1-14(4-6-17-7-5-14)9-18-13(19)11-3-2-10(15)8-12(11)16;/h2-3,8,17H,4-7,9H2,1H3,(H,18,19);1H. The fraction of sp³-hybridized carbons (Fsp3) is 0.500. The fourth-order valence-corrected chi connectivity index (χ4v) is 2.76. The predicted octanol–water partition coefficient (Wildman–Crippen LogP) is 3.53. The third-order valence-electron chi connectivity index (χ3n) is 3.66. The molecule has 0 atom stereocenters. The number of carbonyl (C=O) groups is 1. The minimum atomic E-state index is -0.138. The Hall–Kier alpha value is -0.480. The second-order valence-corrected chi connectivity index (χ2v) is 6.21. The van der Waals surface area contributed by atoms with E-state index in [4.69, 9.17) is 23.2 Å². The van der Waals surface area contributed by atoms with Crippen LogP contribution in [0, 0.1) is 5.41 Å². The van der Waals surface area contributed by atoms with Gasteiger partial charge in [-0.1, -0.05) is 30.1 Å². The first-order valence-electron chi connectivity index (χ1n) is 6.44. The molecule has 1 fully saturated rings. The lowest BCUT2D eigenvalue weighted by Gasteiger charge is -2.34. The van der Waals surface area contributed by atoms with Crippen molar-refractivity contribution < 1.29 is 4.79 Å². The van der Waals surface area contributed by atoms with Crippen LogP contribution in [0.1, 0.15) is 30.1 Å². The summed E-state index contributed by atoms with van der Waals surface area (Å²) in [5.41, 5.74) is 0.642. The van der Waals surface area contributed by atoms with Crippen molar-refractivity contribution in [3.05, 3.63) is 33.8 Å². The van der Waals surface area contributed by atoms with E-state index in [0.717, 1.165) is 25.9 Å². The Bertz CT molecular complexity index is 473. The number of amides is 1. The Morgan fingerprint density at radius 2 is 2.00 bits per heavy atom. The van der Waals surface area contributed by atoms with Gasteiger partial charge in [0.05, 0.1) is 10.6 Å². The summed E-state index contributed by atoms with van der Waals surface area (Å²) in [4.78, 5) is 12.1. The highest BCUT2D eigenvalue weighted by molar-refractivity contribution is 6.36. The SMILES string of the molecule is CC1(CNC(=O)c2ccc(Cl)cc2Cl)CCNCC1.Cl. The zero-order chi connectivity index (χ0) is 13.9. The summed E-state index contributed by atoms with van der Waals surface area (Å²) in [6.07, 6.45) is 2.14. The fourth-order valence-electron chi connectivity index (χ4n) is 2.27. The molecular formula is C14H19Cl3N2O. The highest BCUT2D eigenvalue weighted by atomic mass is 35.5. The molecule has 1 aliphatic heterocycles. The van der Waals surface area contributed by atoms with Crippen molar-refractivity contribution >= 4 is 41.5 Å². The first-order chi connectivity index (χ1) is 9.00. The number of nitrogens with one attached hydrogen (secondary N) is 2. The molecule has 2 N–H and O–H groups in total. The second kappa shape index (κ2) is 7.51. The summed E-state index contributed by atoms with van der Waals surface area (Å²) >= 11 is 11.8. The van der Waals surface area contributed by atoms with Crippen LogP contribution in [-0.2, 0) is 0 Å². The summed E-state index contributed by atoms with van der Waals surface area (Å²) < 4.78 is 0. The van der Waals surface area contributed by atoms with Crippen molar-refractivity contribution in [2.75, 3.05) is 19.6 Å². The number of benzene rings is 1. The Morgan fingerprint density at radius 3 is 2.60 bits per heavy atom. The van der Waals surface area contributed by atoms with Gasteiger partial charge in [-0.15, -0.1) is 12.4 Å². The molecule has 0 aromatic heterocycles. The third kappa shape index (κ3) is 4.52. The van der Waals surface area contributed by atoms with Crippen LogP contribution in [0.5, 0.6) is 0 Å².